The molecule has 0 aliphatic carbocycles. The Hall–Kier alpha value is -3.78. The monoisotopic (exact) mass is 445 g/mol. The Balaban J connectivity index is 1.63. The van der Waals surface area contributed by atoms with Crippen molar-refractivity contribution >= 4 is 18.1 Å². The van der Waals surface area contributed by atoms with E-state index < -0.39 is 6.04 Å². The highest BCUT2D eigenvalue weighted by molar-refractivity contribution is 7.71. The van der Waals surface area contributed by atoms with Crippen LogP contribution in [-0.2, 0) is 11.3 Å². The molecule has 7 nitrogen and oxygen atoms in total. The summed E-state index contributed by atoms with van der Waals surface area (Å²) in [6, 6.07) is 20.7. The highest BCUT2D eigenvalue weighted by Gasteiger charge is 2.20. The lowest BCUT2D eigenvalue weighted by Crippen LogP contribution is -2.33. The normalized spacial score (nSPS) is 11.7. The molecule has 2 aromatic carbocycles. The summed E-state index contributed by atoms with van der Waals surface area (Å²) in [5.74, 6) is 1.11. The van der Waals surface area contributed by atoms with Crippen molar-refractivity contribution < 1.29 is 9.53 Å². The van der Waals surface area contributed by atoms with E-state index in [1.807, 2.05) is 73.7 Å². The molecule has 4 rings (SSSR count). The first-order valence-corrected chi connectivity index (χ1v) is 10.5. The van der Waals surface area contributed by atoms with Gasteiger partial charge in [-0.05, 0) is 55.0 Å². The maximum absolute atomic E-state index is 13.1. The minimum Gasteiger partial charge on any atom is -0.497 e. The number of amides is 1. The van der Waals surface area contributed by atoms with Gasteiger partial charge in [-0.15, -0.1) is 0 Å². The van der Waals surface area contributed by atoms with Gasteiger partial charge in [0.05, 0.1) is 18.8 Å². The minimum atomic E-state index is -0.442. The van der Waals surface area contributed by atoms with Crippen molar-refractivity contribution in [2.75, 3.05) is 7.11 Å². The lowest BCUT2D eigenvalue weighted by Gasteiger charge is -2.20. The number of pyridine rings is 1. The van der Waals surface area contributed by atoms with Gasteiger partial charge in [0.2, 0.25) is 5.91 Å². The lowest BCUT2D eigenvalue weighted by molar-refractivity contribution is -0.122. The number of hydrogen-bond acceptors (Lipinski definition) is 5. The summed E-state index contributed by atoms with van der Waals surface area (Å²) >= 11 is 5.39. The third kappa shape index (κ3) is 4.76. The number of rotatable bonds is 7. The van der Waals surface area contributed by atoms with E-state index in [9.17, 15) is 4.79 Å². The average molecular weight is 446 g/mol. The Morgan fingerprint density at radius 2 is 2.00 bits per heavy atom. The Labute approximate surface area is 191 Å². The molecule has 0 fully saturated rings. The highest BCUT2D eigenvalue weighted by Crippen LogP contribution is 2.24. The Bertz CT molecular complexity index is 1280. The minimum absolute atomic E-state index is 0.0198. The third-order valence-corrected chi connectivity index (χ3v) is 5.36. The number of methoxy groups -OCH3 is 1. The fraction of sp³-hybridized carbons (Fsp3) is 0.167. The van der Waals surface area contributed by atoms with E-state index in [1.165, 1.54) is 0 Å². The average Bonchev–Trinajstić information content (AvgIpc) is 3.18. The molecule has 2 heterocycles. The van der Waals surface area contributed by atoms with E-state index in [0.29, 0.717) is 16.3 Å². The van der Waals surface area contributed by atoms with E-state index in [0.717, 1.165) is 22.4 Å². The van der Waals surface area contributed by atoms with Crippen LogP contribution in [0.4, 0.5) is 0 Å². The summed E-state index contributed by atoms with van der Waals surface area (Å²) in [7, 11) is 1.61. The van der Waals surface area contributed by atoms with Gasteiger partial charge in [0.25, 0.3) is 0 Å². The second kappa shape index (κ2) is 9.57. The number of nitrogens with zero attached hydrogens (tertiary/aromatic N) is 3. The third-order valence-electron chi connectivity index (χ3n) is 5.05. The Kier molecular flexibility index (Phi) is 6.42. The van der Waals surface area contributed by atoms with Crippen molar-refractivity contribution in [1.82, 2.24) is 25.1 Å². The van der Waals surface area contributed by atoms with Crippen LogP contribution in [-0.4, -0.2) is 32.8 Å². The van der Waals surface area contributed by atoms with Gasteiger partial charge in [-0.1, -0.05) is 42.0 Å². The number of aryl methyl sites for hydroxylation is 1. The number of nitrogens with one attached hydrogen (secondary N) is 2. The first-order chi connectivity index (χ1) is 15.5. The number of hydrogen-bond donors (Lipinski definition) is 2. The van der Waals surface area contributed by atoms with E-state index in [2.05, 4.69) is 20.5 Å². The molecule has 32 heavy (non-hydrogen) atoms. The van der Waals surface area contributed by atoms with Crippen LogP contribution in [0.3, 0.4) is 0 Å². The molecule has 2 N–H and O–H groups in total. The van der Waals surface area contributed by atoms with Crippen LogP contribution < -0.4 is 10.1 Å². The van der Waals surface area contributed by atoms with Gasteiger partial charge in [0, 0.05) is 11.8 Å². The maximum atomic E-state index is 13.1. The number of ether oxygens (including phenoxy) is 1. The number of H-pyrrole nitrogens is 1. The molecule has 1 atom stereocenters. The number of carbonyl (C=O) groups excluding carboxylic acids is 1. The fourth-order valence-electron chi connectivity index (χ4n) is 3.51. The van der Waals surface area contributed by atoms with Crippen molar-refractivity contribution in [3.05, 3.63) is 94.5 Å². The molecule has 2 aromatic heterocycles. The van der Waals surface area contributed by atoms with Crippen LogP contribution in [0.25, 0.3) is 11.4 Å². The summed E-state index contributed by atoms with van der Waals surface area (Å²) in [5, 5.41) is 10.2. The zero-order chi connectivity index (χ0) is 22.5. The lowest BCUT2D eigenvalue weighted by atomic mass is 10.0. The first-order valence-electron chi connectivity index (χ1n) is 10.1. The predicted molar refractivity (Wildman–Crippen MR) is 125 cm³/mol. The van der Waals surface area contributed by atoms with E-state index in [4.69, 9.17) is 17.0 Å². The standard InChI is InChI=1S/C24H23N5O2S/c1-16-7-5-9-18(13-16)23-27-28-24(32)29(23)15-21(30)26-22(20-11-3-4-12-25-20)17-8-6-10-19(14-17)31-2/h3-14,22H,15H2,1-2H3,(H,26,30)(H,28,32). The van der Waals surface area contributed by atoms with Gasteiger partial charge in [-0.3, -0.25) is 19.4 Å². The second-order valence-electron chi connectivity index (χ2n) is 7.34. The Morgan fingerprint density at radius 1 is 1.16 bits per heavy atom. The first kappa shape index (κ1) is 21.5. The molecular weight excluding hydrogens is 422 g/mol. The van der Waals surface area contributed by atoms with Gasteiger partial charge >= 0.3 is 0 Å². The molecule has 0 spiro atoms. The molecule has 4 aromatic rings. The molecule has 0 bridgehead atoms. The molecule has 0 saturated carbocycles. The van der Waals surface area contributed by atoms with Gasteiger partial charge < -0.3 is 10.1 Å². The zero-order valence-electron chi connectivity index (χ0n) is 17.8. The quantitative estimate of drug-likeness (QED) is 0.416. The number of aromatic amines is 1. The largest absolute Gasteiger partial charge is 0.497 e. The zero-order valence-corrected chi connectivity index (χ0v) is 18.6. The summed E-state index contributed by atoms with van der Waals surface area (Å²) in [6.45, 7) is 2.03. The summed E-state index contributed by atoms with van der Waals surface area (Å²) < 4.78 is 7.43. The molecule has 1 amide bonds. The SMILES string of the molecule is COc1cccc(C(NC(=O)Cn2c(-c3cccc(C)c3)n[nH]c2=S)c2ccccn2)c1. The highest BCUT2D eigenvalue weighted by atomic mass is 32.1. The fourth-order valence-corrected chi connectivity index (χ4v) is 3.71. The smallest absolute Gasteiger partial charge is 0.240 e. The molecule has 0 radical (unpaired) electrons. The van der Waals surface area contributed by atoms with Crippen LogP contribution >= 0.6 is 12.2 Å². The van der Waals surface area contributed by atoms with Crippen molar-refractivity contribution in [2.24, 2.45) is 0 Å². The van der Waals surface area contributed by atoms with Crippen LogP contribution in [0.2, 0.25) is 0 Å². The van der Waals surface area contributed by atoms with Gasteiger partial charge in [-0.2, -0.15) is 5.10 Å². The second-order valence-corrected chi connectivity index (χ2v) is 7.73. The number of carbonyl (C=O) groups is 1. The molecule has 0 saturated heterocycles. The van der Waals surface area contributed by atoms with Crippen molar-refractivity contribution in [1.29, 1.82) is 0 Å². The maximum Gasteiger partial charge on any atom is 0.240 e. The van der Waals surface area contributed by atoms with E-state index in [-0.39, 0.29) is 12.5 Å². The molecule has 0 aliphatic rings. The Morgan fingerprint density at radius 3 is 2.75 bits per heavy atom. The van der Waals surface area contributed by atoms with Gasteiger partial charge in [0.1, 0.15) is 12.3 Å². The molecule has 8 heteroatoms. The number of aromatic nitrogens is 4. The van der Waals surface area contributed by atoms with Crippen molar-refractivity contribution in [2.45, 2.75) is 19.5 Å². The van der Waals surface area contributed by atoms with Gasteiger partial charge in [-0.25, -0.2) is 0 Å². The van der Waals surface area contributed by atoms with Crippen LogP contribution in [0.1, 0.15) is 22.9 Å². The summed E-state index contributed by atoms with van der Waals surface area (Å²) in [5.41, 5.74) is 3.58. The summed E-state index contributed by atoms with van der Waals surface area (Å²) in [6.07, 6.45) is 1.71. The van der Waals surface area contributed by atoms with Gasteiger partial charge in [0.15, 0.2) is 10.6 Å². The van der Waals surface area contributed by atoms with Crippen molar-refractivity contribution in [3.8, 4) is 17.1 Å². The number of benzene rings is 2. The molecular formula is C24H23N5O2S. The molecule has 1 unspecified atom stereocenters. The van der Waals surface area contributed by atoms with Crippen LogP contribution in [0.5, 0.6) is 5.75 Å². The van der Waals surface area contributed by atoms with Crippen LogP contribution in [0, 0.1) is 11.7 Å². The van der Waals surface area contributed by atoms with Crippen LogP contribution in [0.15, 0.2) is 72.9 Å². The summed E-state index contributed by atoms with van der Waals surface area (Å²) in [4.78, 5) is 17.6. The van der Waals surface area contributed by atoms with E-state index >= 15 is 0 Å². The molecule has 0 aliphatic heterocycles. The predicted octanol–water partition coefficient (Wildman–Crippen LogP) is 4.23. The van der Waals surface area contributed by atoms with Crippen molar-refractivity contribution in [3.63, 3.8) is 0 Å². The topological polar surface area (TPSA) is 84.8 Å². The molecule has 162 valence electrons. The van der Waals surface area contributed by atoms with E-state index in [1.54, 1.807) is 17.9 Å².